The Hall–Kier alpha value is -4.88. The average Bonchev–Trinajstić information content (AvgIpc) is 3.33. The summed E-state index contributed by atoms with van der Waals surface area (Å²) in [6.45, 7) is 4.58. The Morgan fingerprint density at radius 1 is 0.439 bits per heavy atom. The molecule has 0 amide bonds. The van der Waals surface area contributed by atoms with E-state index in [0.29, 0.717) is 0 Å². The van der Waals surface area contributed by atoms with E-state index in [4.69, 9.17) is 4.74 Å². The summed E-state index contributed by atoms with van der Waals surface area (Å²) in [5.74, 6) is 1.88. The first kappa shape index (κ1) is 24.0. The van der Waals surface area contributed by atoms with Crippen molar-refractivity contribution in [1.29, 1.82) is 0 Å². The molecule has 0 unspecified atom stereocenters. The van der Waals surface area contributed by atoms with E-state index < -0.39 is 5.41 Å². The van der Waals surface area contributed by atoms with Crippen molar-refractivity contribution in [3.8, 4) is 33.8 Å². The second-order valence-electron chi connectivity index (χ2n) is 11.7. The van der Waals surface area contributed by atoms with Gasteiger partial charge < -0.3 is 4.74 Å². The monoisotopic (exact) mass is 526 g/mol. The molecule has 1 heterocycles. The predicted molar refractivity (Wildman–Crippen MR) is 168 cm³/mol. The van der Waals surface area contributed by atoms with Gasteiger partial charge in [-0.2, -0.15) is 0 Å². The topological polar surface area (TPSA) is 9.23 Å². The van der Waals surface area contributed by atoms with Crippen LogP contribution in [-0.2, 0) is 10.8 Å². The molecule has 0 spiro atoms. The van der Waals surface area contributed by atoms with Crippen LogP contribution in [0, 0.1) is 0 Å². The van der Waals surface area contributed by atoms with Crippen molar-refractivity contribution in [2.75, 3.05) is 0 Å². The van der Waals surface area contributed by atoms with Crippen molar-refractivity contribution < 1.29 is 4.74 Å². The number of hydrogen-bond donors (Lipinski definition) is 0. The maximum atomic E-state index is 6.58. The van der Waals surface area contributed by atoms with E-state index in [1.807, 2.05) is 0 Å². The molecule has 0 aromatic heterocycles. The third-order valence-corrected chi connectivity index (χ3v) is 9.22. The molecule has 0 saturated heterocycles. The molecule has 8 rings (SSSR count). The van der Waals surface area contributed by atoms with Gasteiger partial charge >= 0.3 is 0 Å². The minimum atomic E-state index is -0.451. The standard InChI is InChI=1S/C40H30O/c1-39(2)34-22-11-12-23-36(34)41-37-26-27(24-25-35(37)39)30-19-13-20-32-31-18-9-10-21-33(31)40(38(30)32,28-14-5-3-6-15-28)29-16-7-4-8-17-29/h3-26H,1-2H3. The molecule has 0 saturated carbocycles. The van der Waals surface area contributed by atoms with Crippen molar-refractivity contribution in [3.05, 3.63) is 179 Å². The zero-order valence-electron chi connectivity index (χ0n) is 23.3. The molecule has 1 aliphatic heterocycles. The second-order valence-corrected chi connectivity index (χ2v) is 11.7. The van der Waals surface area contributed by atoms with E-state index in [9.17, 15) is 0 Å². The van der Waals surface area contributed by atoms with Crippen LogP contribution in [0.2, 0.25) is 0 Å². The number of fused-ring (bicyclic) bond motifs is 5. The van der Waals surface area contributed by atoms with Crippen LogP contribution < -0.4 is 4.74 Å². The third-order valence-electron chi connectivity index (χ3n) is 9.22. The van der Waals surface area contributed by atoms with E-state index >= 15 is 0 Å². The Labute approximate surface area is 241 Å². The van der Waals surface area contributed by atoms with Gasteiger partial charge in [0.2, 0.25) is 0 Å². The van der Waals surface area contributed by atoms with Crippen LogP contribution in [0.25, 0.3) is 22.3 Å². The van der Waals surface area contributed by atoms with Gasteiger partial charge in [0.05, 0.1) is 5.41 Å². The fourth-order valence-electron chi connectivity index (χ4n) is 7.37. The van der Waals surface area contributed by atoms with Crippen LogP contribution in [0.15, 0.2) is 146 Å². The predicted octanol–water partition coefficient (Wildman–Crippen LogP) is 10.1. The van der Waals surface area contributed by atoms with Gasteiger partial charge in [0.1, 0.15) is 11.5 Å². The average molecular weight is 527 g/mol. The van der Waals surface area contributed by atoms with Gasteiger partial charge in [0.15, 0.2) is 0 Å². The van der Waals surface area contributed by atoms with Crippen LogP contribution in [0.5, 0.6) is 11.5 Å². The Morgan fingerprint density at radius 3 is 1.73 bits per heavy atom. The van der Waals surface area contributed by atoms with Crippen molar-refractivity contribution in [2.24, 2.45) is 0 Å². The Kier molecular flexibility index (Phi) is 5.15. The van der Waals surface area contributed by atoms with Gasteiger partial charge in [-0.05, 0) is 56.6 Å². The molecule has 41 heavy (non-hydrogen) atoms. The van der Waals surface area contributed by atoms with Crippen LogP contribution in [-0.4, -0.2) is 0 Å². The summed E-state index contributed by atoms with van der Waals surface area (Å²) >= 11 is 0. The first-order valence-electron chi connectivity index (χ1n) is 14.4. The molecular weight excluding hydrogens is 496 g/mol. The normalized spacial score (nSPS) is 15.2. The highest BCUT2D eigenvalue weighted by molar-refractivity contribution is 5.92. The van der Waals surface area contributed by atoms with Crippen LogP contribution in [0.4, 0.5) is 0 Å². The summed E-state index contributed by atoms with van der Waals surface area (Å²) in [5.41, 5.74) is 12.0. The van der Waals surface area contributed by atoms with Gasteiger partial charge in [-0.15, -0.1) is 0 Å². The maximum absolute atomic E-state index is 6.58. The lowest BCUT2D eigenvalue weighted by atomic mass is 9.66. The molecule has 6 aromatic rings. The lowest BCUT2D eigenvalue weighted by molar-refractivity contribution is 0.418. The fraction of sp³-hybridized carbons (Fsp3) is 0.100. The molecule has 0 bridgehead atoms. The highest BCUT2D eigenvalue weighted by Crippen LogP contribution is 2.59. The maximum Gasteiger partial charge on any atom is 0.132 e. The molecule has 2 aliphatic rings. The lowest BCUT2D eigenvalue weighted by Gasteiger charge is -2.36. The van der Waals surface area contributed by atoms with Crippen molar-refractivity contribution in [3.63, 3.8) is 0 Å². The van der Waals surface area contributed by atoms with Gasteiger partial charge in [0.25, 0.3) is 0 Å². The molecule has 0 N–H and O–H groups in total. The van der Waals surface area contributed by atoms with Crippen molar-refractivity contribution in [2.45, 2.75) is 24.7 Å². The first-order valence-corrected chi connectivity index (χ1v) is 14.4. The van der Waals surface area contributed by atoms with E-state index in [2.05, 4.69) is 159 Å². The Balaban J connectivity index is 1.43. The summed E-state index contributed by atoms with van der Waals surface area (Å²) in [4.78, 5) is 0. The Morgan fingerprint density at radius 2 is 1.00 bits per heavy atom. The fourth-order valence-corrected chi connectivity index (χ4v) is 7.37. The Bertz CT molecular complexity index is 1890. The summed E-state index contributed by atoms with van der Waals surface area (Å²) in [6.07, 6.45) is 0. The zero-order valence-corrected chi connectivity index (χ0v) is 23.3. The summed E-state index contributed by atoms with van der Waals surface area (Å²) in [7, 11) is 0. The summed E-state index contributed by atoms with van der Waals surface area (Å²) in [5, 5.41) is 0. The molecule has 6 aromatic carbocycles. The largest absolute Gasteiger partial charge is 0.457 e. The molecule has 0 fully saturated rings. The smallest absolute Gasteiger partial charge is 0.132 e. The zero-order chi connectivity index (χ0) is 27.6. The molecular formula is C40H30O. The van der Waals surface area contributed by atoms with E-state index in [1.165, 1.54) is 55.6 Å². The molecule has 196 valence electrons. The van der Waals surface area contributed by atoms with E-state index in [1.54, 1.807) is 0 Å². The van der Waals surface area contributed by atoms with Crippen LogP contribution in [0.1, 0.15) is 47.2 Å². The SMILES string of the molecule is CC1(C)c2ccccc2Oc2cc(-c3cccc4c3C(c3ccccc3)(c3ccccc3)c3ccccc3-4)ccc21. The molecule has 0 radical (unpaired) electrons. The number of hydrogen-bond acceptors (Lipinski definition) is 1. The highest BCUT2D eigenvalue weighted by Gasteiger charge is 2.47. The minimum Gasteiger partial charge on any atom is -0.457 e. The van der Waals surface area contributed by atoms with Gasteiger partial charge in [-0.3, -0.25) is 0 Å². The molecule has 1 heteroatoms. The number of para-hydroxylation sites is 1. The highest BCUT2D eigenvalue weighted by atomic mass is 16.5. The number of ether oxygens (including phenoxy) is 1. The quantitative estimate of drug-likeness (QED) is 0.223. The molecule has 1 nitrogen and oxygen atoms in total. The van der Waals surface area contributed by atoms with Crippen molar-refractivity contribution >= 4 is 0 Å². The number of rotatable bonds is 3. The first-order chi connectivity index (χ1) is 20.1. The lowest BCUT2D eigenvalue weighted by Crippen LogP contribution is -2.29. The van der Waals surface area contributed by atoms with E-state index in [0.717, 1.165) is 11.5 Å². The van der Waals surface area contributed by atoms with Crippen LogP contribution in [0.3, 0.4) is 0 Å². The van der Waals surface area contributed by atoms with Gasteiger partial charge in [-0.1, -0.05) is 147 Å². The summed E-state index contributed by atoms with van der Waals surface area (Å²) < 4.78 is 6.58. The minimum absolute atomic E-state index is 0.143. The third kappa shape index (κ3) is 3.30. The second kappa shape index (κ2) is 8.81. The molecule has 0 atom stereocenters. The number of benzene rings is 6. The van der Waals surface area contributed by atoms with Crippen LogP contribution >= 0.6 is 0 Å². The van der Waals surface area contributed by atoms with E-state index in [-0.39, 0.29) is 5.41 Å². The van der Waals surface area contributed by atoms with Gasteiger partial charge in [-0.25, -0.2) is 0 Å². The van der Waals surface area contributed by atoms with Gasteiger partial charge in [0, 0.05) is 16.5 Å². The summed E-state index contributed by atoms with van der Waals surface area (Å²) in [6, 6.07) is 52.9. The molecule has 1 aliphatic carbocycles. The van der Waals surface area contributed by atoms with Crippen molar-refractivity contribution in [1.82, 2.24) is 0 Å².